The molecule has 0 aliphatic heterocycles. The maximum atomic E-state index is 11.9. The summed E-state index contributed by atoms with van der Waals surface area (Å²) in [5.41, 5.74) is 5.95. The molecule has 0 saturated heterocycles. The molecule has 6 heteroatoms. The quantitative estimate of drug-likeness (QED) is 0.795. The molecule has 1 fully saturated rings. The Morgan fingerprint density at radius 3 is 2.73 bits per heavy atom. The summed E-state index contributed by atoms with van der Waals surface area (Å²) in [5.74, 6) is 0.624. The van der Waals surface area contributed by atoms with E-state index in [0.717, 1.165) is 37.5 Å². The fraction of sp³-hybridized carbons (Fsp3) is 0.550. The van der Waals surface area contributed by atoms with Crippen molar-refractivity contribution in [1.29, 1.82) is 0 Å². The van der Waals surface area contributed by atoms with Gasteiger partial charge in [0.1, 0.15) is 5.75 Å². The molecule has 1 aromatic carbocycles. The summed E-state index contributed by atoms with van der Waals surface area (Å²) in [6, 6.07) is 5.40. The number of aromatic amines is 1. The van der Waals surface area contributed by atoms with Crippen LogP contribution in [0.5, 0.6) is 5.75 Å². The standard InChI is InChI=1S/C20H27ClN2O3/c1-3-18(22)20(25-4-2)8-5-14(6-9-20)26-17-11-13-7-10-23-19(24)15(13)12-16(17)21/h7,10-12,14,18H,3-6,8-9,22H2,1-2H3,(H,23,24). The highest BCUT2D eigenvalue weighted by molar-refractivity contribution is 6.32. The lowest BCUT2D eigenvalue weighted by molar-refractivity contribution is -0.0971. The first-order valence-corrected chi connectivity index (χ1v) is 9.74. The molecule has 1 atom stereocenters. The van der Waals surface area contributed by atoms with Crippen molar-refractivity contribution in [3.05, 3.63) is 39.8 Å². The molecule has 5 nitrogen and oxygen atoms in total. The Kier molecular flexibility index (Phi) is 5.90. The Morgan fingerprint density at radius 2 is 2.08 bits per heavy atom. The number of benzene rings is 1. The van der Waals surface area contributed by atoms with Crippen molar-refractivity contribution in [2.75, 3.05) is 6.61 Å². The van der Waals surface area contributed by atoms with Crippen molar-refractivity contribution in [1.82, 2.24) is 4.98 Å². The van der Waals surface area contributed by atoms with Gasteiger partial charge in [0.2, 0.25) is 0 Å². The first-order valence-electron chi connectivity index (χ1n) is 9.36. The van der Waals surface area contributed by atoms with Crippen molar-refractivity contribution in [2.24, 2.45) is 5.73 Å². The number of nitrogens with one attached hydrogen (secondary N) is 1. The van der Waals surface area contributed by atoms with Crippen molar-refractivity contribution < 1.29 is 9.47 Å². The van der Waals surface area contributed by atoms with Gasteiger partial charge in [-0.3, -0.25) is 4.79 Å². The van der Waals surface area contributed by atoms with E-state index in [1.807, 2.05) is 19.1 Å². The van der Waals surface area contributed by atoms with E-state index in [9.17, 15) is 4.79 Å². The molecule has 1 saturated carbocycles. The fourth-order valence-electron chi connectivity index (χ4n) is 3.94. The minimum Gasteiger partial charge on any atom is -0.489 e. The summed E-state index contributed by atoms with van der Waals surface area (Å²) < 4.78 is 12.2. The SMILES string of the molecule is CCOC1(C(N)CC)CCC(Oc2cc3cc[nH]c(=O)c3cc2Cl)CC1. The number of H-pyrrole nitrogens is 1. The van der Waals surface area contributed by atoms with Gasteiger partial charge in [0.05, 0.1) is 16.7 Å². The number of nitrogens with two attached hydrogens (primary N) is 1. The van der Waals surface area contributed by atoms with Gasteiger partial charge in [0.25, 0.3) is 5.56 Å². The number of hydrogen-bond acceptors (Lipinski definition) is 4. The van der Waals surface area contributed by atoms with Gasteiger partial charge in [-0.1, -0.05) is 18.5 Å². The van der Waals surface area contributed by atoms with Crippen LogP contribution in [0, 0.1) is 0 Å². The molecule has 0 bridgehead atoms. The Balaban J connectivity index is 1.74. The molecule has 3 rings (SSSR count). The van der Waals surface area contributed by atoms with E-state index in [1.54, 1.807) is 12.3 Å². The average molecular weight is 379 g/mol. The van der Waals surface area contributed by atoms with Crippen molar-refractivity contribution in [3.8, 4) is 5.75 Å². The lowest BCUT2D eigenvalue weighted by atomic mass is 9.77. The summed E-state index contributed by atoms with van der Waals surface area (Å²) in [4.78, 5) is 14.5. The van der Waals surface area contributed by atoms with E-state index >= 15 is 0 Å². The van der Waals surface area contributed by atoms with E-state index < -0.39 is 0 Å². The van der Waals surface area contributed by atoms with Gasteiger partial charge in [-0.2, -0.15) is 0 Å². The predicted molar refractivity (Wildman–Crippen MR) is 105 cm³/mol. The third-order valence-electron chi connectivity index (χ3n) is 5.45. The Labute approximate surface area is 158 Å². The third kappa shape index (κ3) is 3.75. The van der Waals surface area contributed by atoms with E-state index in [2.05, 4.69) is 11.9 Å². The van der Waals surface area contributed by atoms with Crippen LogP contribution in [0.25, 0.3) is 10.8 Å². The van der Waals surface area contributed by atoms with Crippen LogP contribution < -0.4 is 16.0 Å². The number of rotatable bonds is 6. The lowest BCUT2D eigenvalue weighted by Gasteiger charge is -2.43. The zero-order valence-corrected chi connectivity index (χ0v) is 16.1. The second-order valence-corrected chi connectivity index (χ2v) is 7.41. The van der Waals surface area contributed by atoms with Gasteiger partial charge in [-0.25, -0.2) is 0 Å². The molecule has 0 amide bonds. The fourth-order valence-corrected chi connectivity index (χ4v) is 4.15. The summed E-state index contributed by atoms with van der Waals surface area (Å²) in [5, 5.41) is 1.85. The van der Waals surface area contributed by atoms with Crippen LogP contribution in [0.3, 0.4) is 0 Å². The number of ether oxygens (including phenoxy) is 2. The van der Waals surface area contributed by atoms with Crippen molar-refractivity contribution in [3.63, 3.8) is 0 Å². The van der Waals surface area contributed by atoms with E-state index in [0.29, 0.717) is 22.8 Å². The predicted octanol–water partition coefficient (Wildman–Crippen LogP) is 4.02. The van der Waals surface area contributed by atoms with Gasteiger partial charge in [0.15, 0.2) is 0 Å². The van der Waals surface area contributed by atoms with E-state index in [1.165, 1.54) is 0 Å². The summed E-state index contributed by atoms with van der Waals surface area (Å²) in [6.45, 7) is 4.79. The Hall–Kier alpha value is -1.56. The molecule has 2 aromatic rings. The van der Waals surface area contributed by atoms with Crippen LogP contribution in [0.2, 0.25) is 5.02 Å². The van der Waals surface area contributed by atoms with Gasteiger partial charge in [0, 0.05) is 24.2 Å². The largest absolute Gasteiger partial charge is 0.489 e. The van der Waals surface area contributed by atoms with Crippen LogP contribution in [0.1, 0.15) is 46.0 Å². The van der Waals surface area contributed by atoms with Crippen LogP contribution in [0.4, 0.5) is 0 Å². The van der Waals surface area contributed by atoms with E-state index in [4.69, 9.17) is 26.8 Å². The van der Waals surface area contributed by atoms with Crippen molar-refractivity contribution in [2.45, 2.75) is 63.7 Å². The molecular weight excluding hydrogens is 352 g/mol. The zero-order valence-electron chi connectivity index (χ0n) is 15.4. The second kappa shape index (κ2) is 7.99. The molecule has 0 spiro atoms. The topological polar surface area (TPSA) is 77.3 Å². The molecule has 1 aliphatic rings. The number of hydrogen-bond donors (Lipinski definition) is 2. The molecular formula is C20H27ClN2O3. The first-order chi connectivity index (χ1) is 12.5. The monoisotopic (exact) mass is 378 g/mol. The number of pyridine rings is 1. The Bertz CT molecular complexity index is 812. The highest BCUT2D eigenvalue weighted by Crippen LogP contribution is 2.38. The second-order valence-electron chi connectivity index (χ2n) is 7.01. The molecule has 1 unspecified atom stereocenters. The highest BCUT2D eigenvalue weighted by Gasteiger charge is 2.41. The van der Waals surface area contributed by atoms with Crippen molar-refractivity contribution >= 4 is 22.4 Å². The lowest BCUT2D eigenvalue weighted by Crippen LogP contribution is -2.53. The van der Waals surface area contributed by atoms with Crippen LogP contribution >= 0.6 is 11.6 Å². The summed E-state index contributed by atoms with van der Waals surface area (Å²) in [7, 11) is 0. The molecule has 26 heavy (non-hydrogen) atoms. The first kappa shape index (κ1) is 19.2. The molecule has 3 N–H and O–H groups in total. The normalized spacial score (nSPS) is 24.5. The van der Waals surface area contributed by atoms with Gasteiger partial charge in [-0.15, -0.1) is 0 Å². The number of halogens is 1. The van der Waals surface area contributed by atoms with Gasteiger partial charge in [-0.05, 0) is 62.6 Å². The van der Waals surface area contributed by atoms with Gasteiger partial charge < -0.3 is 20.2 Å². The Morgan fingerprint density at radius 1 is 1.35 bits per heavy atom. The maximum absolute atomic E-state index is 11.9. The molecule has 142 valence electrons. The average Bonchev–Trinajstić information content (AvgIpc) is 2.64. The summed E-state index contributed by atoms with van der Waals surface area (Å²) in [6.07, 6.45) is 6.11. The highest BCUT2D eigenvalue weighted by atomic mass is 35.5. The van der Waals surface area contributed by atoms with E-state index in [-0.39, 0.29) is 23.3 Å². The maximum Gasteiger partial charge on any atom is 0.255 e. The van der Waals surface area contributed by atoms with Crippen LogP contribution in [0.15, 0.2) is 29.2 Å². The molecule has 0 radical (unpaired) electrons. The van der Waals surface area contributed by atoms with Gasteiger partial charge >= 0.3 is 0 Å². The zero-order chi connectivity index (χ0) is 18.7. The number of fused-ring (bicyclic) bond motifs is 1. The molecule has 1 aliphatic carbocycles. The third-order valence-corrected chi connectivity index (χ3v) is 5.74. The minimum atomic E-state index is -0.246. The number of aromatic nitrogens is 1. The van der Waals surface area contributed by atoms with Crippen LogP contribution in [-0.2, 0) is 4.74 Å². The smallest absolute Gasteiger partial charge is 0.255 e. The molecule has 1 heterocycles. The summed E-state index contributed by atoms with van der Waals surface area (Å²) >= 11 is 6.35. The minimum absolute atomic E-state index is 0.0411. The molecule has 1 aromatic heterocycles. The van der Waals surface area contributed by atoms with Crippen LogP contribution in [-0.4, -0.2) is 29.3 Å².